The van der Waals surface area contributed by atoms with Gasteiger partial charge in [0.2, 0.25) is 0 Å². The molecule has 0 aromatic carbocycles. The number of ether oxygens (including phenoxy) is 1. The number of hydrogen-bond acceptors (Lipinski definition) is 5. The first kappa shape index (κ1) is 11.7. The molecular formula is C10H15NO4. The van der Waals surface area contributed by atoms with Crippen LogP contribution in [0.3, 0.4) is 0 Å². The Labute approximate surface area is 88.0 Å². The molecule has 0 amide bonds. The van der Waals surface area contributed by atoms with E-state index >= 15 is 0 Å². The Kier molecular flexibility index (Phi) is 3.14. The monoisotopic (exact) mass is 213 g/mol. The quantitative estimate of drug-likeness (QED) is 0.752. The minimum absolute atomic E-state index is 0.586. The fraction of sp³-hybridized carbons (Fsp3) is 0.600. The molecule has 0 saturated carbocycles. The predicted octanol–water partition coefficient (Wildman–Crippen LogP) is 0.795. The van der Waals surface area contributed by atoms with Crippen LogP contribution in [-0.2, 0) is 14.9 Å². The van der Waals surface area contributed by atoms with E-state index in [2.05, 4.69) is 9.89 Å². The zero-order valence-corrected chi connectivity index (χ0v) is 9.27. The molecule has 1 N–H and O–H groups in total. The SMILES string of the molecule is COC(=O)C(O)C(C)(C)c1cnoc1C. The summed E-state index contributed by atoms with van der Waals surface area (Å²) in [6, 6.07) is 0. The molecule has 5 heteroatoms. The maximum Gasteiger partial charge on any atom is 0.335 e. The second-order valence-corrected chi connectivity index (χ2v) is 3.94. The van der Waals surface area contributed by atoms with E-state index in [1.807, 2.05) is 0 Å². The number of nitrogens with zero attached hydrogens (tertiary/aromatic N) is 1. The molecule has 0 bridgehead atoms. The number of aliphatic hydroxyl groups excluding tert-OH is 1. The molecular weight excluding hydrogens is 198 g/mol. The Morgan fingerprint density at radius 2 is 2.27 bits per heavy atom. The molecule has 0 aliphatic carbocycles. The molecule has 15 heavy (non-hydrogen) atoms. The minimum Gasteiger partial charge on any atom is -0.467 e. The van der Waals surface area contributed by atoms with Crippen LogP contribution >= 0.6 is 0 Å². The number of aliphatic hydroxyl groups is 1. The van der Waals surface area contributed by atoms with Gasteiger partial charge < -0.3 is 14.4 Å². The number of aryl methyl sites for hydroxylation is 1. The Morgan fingerprint density at radius 1 is 1.67 bits per heavy atom. The van der Waals surface area contributed by atoms with Crippen LogP contribution in [0.2, 0.25) is 0 Å². The van der Waals surface area contributed by atoms with Crippen LogP contribution < -0.4 is 0 Å². The fourth-order valence-electron chi connectivity index (χ4n) is 1.47. The summed E-state index contributed by atoms with van der Waals surface area (Å²) in [4.78, 5) is 11.2. The number of aromatic nitrogens is 1. The topological polar surface area (TPSA) is 72.6 Å². The molecule has 1 unspecified atom stereocenters. The van der Waals surface area contributed by atoms with Gasteiger partial charge in [0.1, 0.15) is 5.76 Å². The van der Waals surface area contributed by atoms with E-state index in [0.717, 1.165) is 0 Å². The van der Waals surface area contributed by atoms with Gasteiger partial charge in [-0.3, -0.25) is 0 Å². The summed E-state index contributed by atoms with van der Waals surface area (Å²) < 4.78 is 9.40. The maximum absolute atomic E-state index is 11.2. The molecule has 1 aromatic heterocycles. The van der Waals surface area contributed by atoms with Crippen LogP contribution in [0, 0.1) is 6.92 Å². The Hall–Kier alpha value is -1.36. The summed E-state index contributed by atoms with van der Waals surface area (Å²) in [6.45, 7) is 5.19. The first-order valence-corrected chi connectivity index (χ1v) is 4.59. The number of esters is 1. The Morgan fingerprint density at radius 3 is 2.67 bits per heavy atom. The van der Waals surface area contributed by atoms with Crippen molar-refractivity contribution in [1.82, 2.24) is 5.16 Å². The summed E-state index contributed by atoms with van der Waals surface area (Å²) in [5, 5.41) is 13.4. The smallest absolute Gasteiger partial charge is 0.335 e. The molecule has 0 saturated heterocycles. The second-order valence-electron chi connectivity index (χ2n) is 3.94. The molecule has 1 atom stereocenters. The Balaban J connectivity index is 3.02. The van der Waals surface area contributed by atoms with Gasteiger partial charge in [-0.15, -0.1) is 0 Å². The molecule has 1 heterocycles. The largest absolute Gasteiger partial charge is 0.467 e. The number of hydrogen-bond donors (Lipinski definition) is 1. The molecule has 0 spiro atoms. The first-order valence-electron chi connectivity index (χ1n) is 4.59. The summed E-state index contributed by atoms with van der Waals surface area (Å²) in [5.74, 6) is -0.0800. The summed E-state index contributed by atoms with van der Waals surface area (Å²) in [6.07, 6.45) is 0.266. The fourth-order valence-corrected chi connectivity index (χ4v) is 1.47. The highest BCUT2D eigenvalue weighted by molar-refractivity contribution is 5.76. The lowest BCUT2D eigenvalue weighted by Crippen LogP contribution is -2.40. The molecule has 0 aliphatic heterocycles. The highest BCUT2D eigenvalue weighted by Gasteiger charge is 2.38. The van der Waals surface area contributed by atoms with Crippen molar-refractivity contribution in [3.63, 3.8) is 0 Å². The average molecular weight is 213 g/mol. The highest BCUT2D eigenvalue weighted by atomic mass is 16.5. The van der Waals surface area contributed by atoms with Gasteiger partial charge in [0.15, 0.2) is 6.10 Å². The van der Waals surface area contributed by atoms with Crippen molar-refractivity contribution in [3.05, 3.63) is 17.5 Å². The molecule has 0 aliphatic rings. The number of carbonyl (C=O) groups excluding carboxylic acids is 1. The van der Waals surface area contributed by atoms with Crippen molar-refractivity contribution < 1.29 is 19.2 Å². The van der Waals surface area contributed by atoms with E-state index in [1.54, 1.807) is 20.8 Å². The predicted molar refractivity (Wildman–Crippen MR) is 52.3 cm³/mol. The zero-order valence-electron chi connectivity index (χ0n) is 9.27. The molecule has 84 valence electrons. The van der Waals surface area contributed by atoms with Crippen molar-refractivity contribution in [1.29, 1.82) is 0 Å². The van der Waals surface area contributed by atoms with E-state index in [-0.39, 0.29) is 0 Å². The minimum atomic E-state index is -1.24. The third-order valence-corrected chi connectivity index (χ3v) is 2.55. The first-order chi connectivity index (χ1) is 6.91. The van der Waals surface area contributed by atoms with Crippen LogP contribution in [0.15, 0.2) is 10.7 Å². The van der Waals surface area contributed by atoms with Crippen LogP contribution in [0.4, 0.5) is 0 Å². The van der Waals surface area contributed by atoms with Crippen molar-refractivity contribution in [2.45, 2.75) is 32.3 Å². The van der Waals surface area contributed by atoms with Crippen LogP contribution in [0.25, 0.3) is 0 Å². The van der Waals surface area contributed by atoms with Gasteiger partial charge in [-0.1, -0.05) is 19.0 Å². The lowest BCUT2D eigenvalue weighted by atomic mass is 9.80. The highest BCUT2D eigenvalue weighted by Crippen LogP contribution is 2.30. The Bertz CT molecular complexity index is 356. The summed E-state index contributed by atoms with van der Waals surface area (Å²) in [5.41, 5.74) is -0.0858. The van der Waals surface area contributed by atoms with Gasteiger partial charge in [0, 0.05) is 11.0 Å². The van der Waals surface area contributed by atoms with Gasteiger partial charge >= 0.3 is 5.97 Å². The van der Waals surface area contributed by atoms with Gasteiger partial charge in [-0.2, -0.15) is 0 Å². The summed E-state index contributed by atoms with van der Waals surface area (Å²) >= 11 is 0. The van der Waals surface area contributed by atoms with Crippen molar-refractivity contribution in [2.75, 3.05) is 7.11 Å². The normalized spacial score (nSPS) is 13.7. The van der Waals surface area contributed by atoms with Crippen molar-refractivity contribution in [3.8, 4) is 0 Å². The van der Waals surface area contributed by atoms with Crippen molar-refractivity contribution >= 4 is 5.97 Å². The second kappa shape index (κ2) is 4.02. The van der Waals surface area contributed by atoms with Gasteiger partial charge in [0.25, 0.3) is 0 Å². The van der Waals surface area contributed by atoms with Crippen molar-refractivity contribution in [2.24, 2.45) is 0 Å². The molecule has 1 aromatic rings. The molecule has 0 radical (unpaired) electrons. The molecule has 0 fully saturated rings. The van der Waals surface area contributed by atoms with Crippen LogP contribution in [-0.4, -0.2) is 29.4 Å². The van der Waals surface area contributed by atoms with E-state index < -0.39 is 17.5 Å². The van der Waals surface area contributed by atoms with E-state index in [1.165, 1.54) is 13.3 Å². The van der Waals surface area contributed by atoms with Gasteiger partial charge in [-0.25, -0.2) is 4.79 Å². The average Bonchev–Trinajstić information content (AvgIpc) is 2.62. The summed E-state index contributed by atoms with van der Waals surface area (Å²) in [7, 11) is 1.24. The molecule has 1 rings (SSSR count). The van der Waals surface area contributed by atoms with Crippen LogP contribution in [0.1, 0.15) is 25.2 Å². The van der Waals surface area contributed by atoms with Gasteiger partial charge in [-0.05, 0) is 6.92 Å². The van der Waals surface area contributed by atoms with E-state index in [9.17, 15) is 9.90 Å². The number of methoxy groups -OCH3 is 1. The van der Waals surface area contributed by atoms with E-state index in [4.69, 9.17) is 4.52 Å². The maximum atomic E-state index is 11.2. The number of carbonyl (C=O) groups is 1. The zero-order chi connectivity index (χ0) is 11.6. The van der Waals surface area contributed by atoms with Crippen LogP contribution in [0.5, 0.6) is 0 Å². The third-order valence-electron chi connectivity index (χ3n) is 2.55. The molecule has 5 nitrogen and oxygen atoms in total. The lowest BCUT2D eigenvalue weighted by molar-refractivity contribution is -0.153. The standard InChI is InChI=1S/C10H15NO4/c1-6-7(5-11-15-6)10(2,3)8(12)9(13)14-4/h5,8,12H,1-4H3. The van der Waals surface area contributed by atoms with Gasteiger partial charge in [0.05, 0.1) is 13.3 Å². The third kappa shape index (κ3) is 2.02. The number of rotatable bonds is 3. The van der Waals surface area contributed by atoms with E-state index in [0.29, 0.717) is 11.3 Å². The lowest BCUT2D eigenvalue weighted by Gasteiger charge is -2.27.